The highest BCUT2D eigenvalue weighted by Gasteiger charge is 2.36. The van der Waals surface area contributed by atoms with E-state index < -0.39 is 30.3 Å². The number of hydrazine groups is 1. The number of anilines is 1. The summed E-state index contributed by atoms with van der Waals surface area (Å²) >= 11 is 0. The van der Waals surface area contributed by atoms with Crippen molar-refractivity contribution in [2.24, 2.45) is 5.92 Å². The molecule has 0 aromatic heterocycles. The third-order valence-corrected chi connectivity index (χ3v) is 4.99. The second kappa shape index (κ2) is 9.88. The lowest BCUT2D eigenvalue weighted by atomic mass is 10.1. The Morgan fingerprint density at radius 2 is 1.90 bits per heavy atom. The zero-order valence-electron chi connectivity index (χ0n) is 17.5. The van der Waals surface area contributed by atoms with Crippen LogP contribution in [0.2, 0.25) is 0 Å². The van der Waals surface area contributed by atoms with Gasteiger partial charge in [-0.2, -0.15) is 0 Å². The first-order valence-electron chi connectivity index (χ1n) is 10.1. The first-order chi connectivity index (χ1) is 14.9. The fourth-order valence-corrected chi connectivity index (χ4v) is 3.34. The molecule has 1 fully saturated rings. The van der Waals surface area contributed by atoms with Crippen molar-refractivity contribution in [1.82, 2.24) is 10.4 Å². The lowest BCUT2D eigenvalue weighted by Gasteiger charge is -2.17. The Hall–Kier alpha value is -3.68. The number of hydrogen-bond donors (Lipinski definition) is 2. The number of amides is 3. The first-order valence-corrected chi connectivity index (χ1v) is 10.1. The standard InChI is InChI=1S/C23H25N3O5/c1-3-16-8-4-5-10-19(16)24-20(27)14-31-23(30)18-12-21(28)26(13-18)25-22(29)17-9-6-7-15(2)11-17/h4-11,18H,3,12-14H2,1-2H3,(H,24,27)(H,25,29)/t18-/m1/s1. The monoisotopic (exact) mass is 423 g/mol. The van der Waals surface area contributed by atoms with Gasteiger partial charge in [0.2, 0.25) is 5.91 Å². The molecule has 1 saturated heterocycles. The number of rotatable bonds is 7. The van der Waals surface area contributed by atoms with Crippen molar-refractivity contribution in [2.45, 2.75) is 26.7 Å². The number of hydrogen-bond acceptors (Lipinski definition) is 5. The van der Waals surface area contributed by atoms with Crippen molar-refractivity contribution in [3.63, 3.8) is 0 Å². The van der Waals surface area contributed by atoms with Gasteiger partial charge in [0, 0.05) is 17.7 Å². The lowest BCUT2D eigenvalue weighted by Crippen LogP contribution is -2.43. The van der Waals surface area contributed by atoms with Crippen molar-refractivity contribution in [2.75, 3.05) is 18.5 Å². The van der Waals surface area contributed by atoms with Gasteiger partial charge >= 0.3 is 5.97 Å². The molecule has 0 bridgehead atoms. The molecule has 31 heavy (non-hydrogen) atoms. The molecule has 0 radical (unpaired) electrons. The van der Waals surface area contributed by atoms with Gasteiger partial charge in [-0.25, -0.2) is 0 Å². The molecule has 0 spiro atoms. The van der Waals surface area contributed by atoms with E-state index in [4.69, 9.17) is 4.74 Å². The highest BCUT2D eigenvalue weighted by Crippen LogP contribution is 2.19. The maximum atomic E-state index is 12.3. The zero-order chi connectivity index (χ0) is 22.4. The maximum Gasteiger partial charge on any atom is 0.311 e. The topological polar surface area (TPSA) is 105 Å². The summed E-state index contributed by atoms with van der Waals surface area (Å²) in [6.45, 7) is 3.39. The van der Waals surface area contributed by atoms with Gasteiger partial charge in [0.15, 0.2) is 6.61 Å². The predicted molar refractivity (Wildman–Crippen MR) is 114 cm³/mol. The van der Waals surface area contributed by atoms with E-state index in [9.17, 15) is 19.2 Å². The molecular weight excluding hydrogens is 398 g/mol. The second-order valence-corrected chi connectivity index (χ2v) is 7.38. The van der Waals surface area contributed by atoms with Crippen LogP contribution in [0.1, 0.15) is 34.8 Å². The Kier molecular flexibility index (Phi) is 7.02. The minimum Gasteiger partial charge on any atom is -0.455 e. The van der Waals surface area contributed by atoms with E-state index in [0.29, 0.717) is 11.3 Å². The van der Waals surface area contributed by atoms with Crippen LogP contribution < -0.4 is 10.7 Å². The summed E-state index contributed by atoms with van der Waals surface area (Å²) in [5.41, 5.74) is 5.51. The lowest BCUT2D eigenvalue weighted by molar-refractivity contribution is -0.151. The number of nitrogens with zero attached hydrogens (tertiary/aromatic N) is 1. The largest absolute Gasteiger partial charge is 0.455 e. The summed E-state index contributed by atoms with van der Waals surface area (Å²) in [4.78, 5) is 49.0. The Morgan fingerprint density at radius 1 is 1.13 bits per heavy atom. The van der Waals surface area contributed by atoms with E-state index in [1.54, 1.807) is 24.3 Å². The first kappa shape index (κ1) is 22.0. The molecule has 3 rings (SSSR count). The summed E-state index contributed by atoms with van der Waals surface area (Å²) in [7, 11) is 0. The SMILES string of the molecule is CCc1ccccc1NC(=O)COC(=O)[C@@H]1CC(=O)N(NC(=O)c2cccc(C)c2)C1. The van der Waals surface area contributed by atoms with Crippen molar-refractivity contribution in [1.29, 1.82) is 0 Å². The molecule has 2 aromatic carbocycles. The summed E-state index contributed by atoms with van der Waals surface area (Å²) in [6.07, 6.45) is 0.664. The van der Waals surface area contributed by atoms with Gasteiger partial charge in [0.05, 0.1) is 12.5 Å². The third kappa shape index (κ3) is 5.69. The fourth-order valence-electron chi connectivity index (χ4n) is 3.34. The number of esters is 1. The number of carbonyl (C=O) groups is 4. The van der Waals surface area contributed by atoms with E-state index in [1.807, 2.05) is 38.1 Å². The van der Waals surface area contributed by atoms with Crippen LogP contribution in [0.5, 0.6) is 0 Å². The molecule has 1 atom stereocenters. The summed E-state index contributed by atoms with van der Waals surface area (Å²) in [6, 6.07) is 14.3. The predicted octanol–water partition coefficient (Wildman–Crippen LogP) is 2.23. The Bertz CT molecular complexity index is 1000. The van der Waals surface area contributed by atoms with Gasteiger partial charge in [0.25, 0.3) is 11.8 Å². The normalized spacial score (nSPS) is 15.5. The fraction of sp³-hybridized carbons (Fsp3) is 0.304. The number of para-hydroxylation sites is 1. The maximum absolute atomic E-state index is 12.3. The minimum absolute atomic E-state index is 0.00445. The highest BCUT2D eigenvalue weighted by atomic mass is 16.5. The van der Waals surface area contributed by atoms with Crippen molar-refractivity contribution in [3.05, 3.63) is 65.2 Å². The van der Waals surface area contributed by atoms with Crippen molar-refractivity contribution < 1.29 is 23.9 Å². The van der Waals surface area contributed by atoms with Crippen LogP contribution in [-0.2, 0) is 25.5 Å². The van der Waals surface area contributed by atoms with Gasteiger partial charge in [-0.05, 0) is 37.1 Å². The number of nitrogens with one attached hydrogen (secondary N) is 2. The highest BCUT2D eigenvalue weighted by molar-refractivity contribution is 5.97. The van der Waals surface area contributed by atoms with Crippen LogP contribution in [0.15, 0.2) is 48.5 Å². The molecule has 3 amide bonds. The van der Waals surface area contributed by atoms with Crippen LogP contribution in [-0.4, -0.2) is 41.9 Å². The molecule has 8 heteroatoms. The smallest absolute Gasteiger partial charge is 0.311 e. The van der Waals surface area contributed by atoms with Gasteiger partial charge in [0.1, 0.15) is 0 Å². The van der Waals surface area contributed by atoms with Gasteiger partial charge in [-0.15, -0.1) is 0 Å². The van der Waals surface area contributed by atoms with E-state index in [-0.39, 0.29) is 18.9 Å². The van der Waals surface area contributed by atoms with Crippen LogP contribution in [0.25, 0.3) is 0 Å². The molecule has 2 N–H and O–H groups in total. The van der Waals surface area contributed by atoms with Crippen molar-refractivity contribution in [3.8, 4) is 0 Å². The molecular formula is C23H25N3O5. The second-order valence-electron chi connectivity index (χ2n) is 7.38. The summed E-state index contributed by atoms with van der Waals surface area (Å²) in [5.74, 6) is -2.67. The Morgan fingerprint density at radius 3 is 2.65 bits per heavy atom. The van der Waals surface area contributed by atoms with Crippen LogP contribution in [0, 0.1) is 12.8 Å². The van der Waals surface area contributed by atoms with Crippen LogP contribution in [0.4, 0.5) is 5.69 Å². The molecule has 162 valence electrons. The van der Waals surface area contributed by atoms with E-state index in [1.165, 1.54) is 0 Å². The van der Waals surface area contributed by atoms with Crippen LogP contribution >= 0.6 is 0 Å². The van der Waals surface area contributed by atoms with E-state index in [0.717, 1.165) is 22.6 Å². The number of carbonyl (C=O) groups excluding carboxylic acids is 4. The molecule has 1 aliphatic heterocycles. The molecule has 0 unspecified atom stereocenters. The zero-order valence-corrected chi connectivity index (χ0v) is 17.5. The third-order valence-electron chi connectivity index (χ3n) is 4.99. The number of ether oxygens (including phenoxy) is 1. The summed E-state index contributed by atoms with van der Waals surface area (Å²) in [5, 5.41) is 3.84. The van der Waals surface area contributed by atoms with Crippen molar-refractivity contribution >= 4 is 29.4 Å². The molecule has 0 saturated carbocycles. The molecule has 1 heterocycles. The average molecular weight is 423 g/mol. The quantitative estimate of drug-likeness (QED) is 0.665. The molecule has 2 aromatic rings. The minimum atomic E-state index is -0.749. The summed E-state index contributed by atoms with van der Waals surface area (Å²) < 4.78 is 5.09. The molecule has 0 aliphatic carbocycles. The van der Waals surface area contributed by atoms with Gasteiger partial charge in [-0.1, -0.05) is 42.8 Å². The molecule has 8 nitrogen and oxygen atoms in total. The van der Waals surface area contributed by atoms with Crippen LogP contribution in [0.3, 0.4) is 0 Å². The van der Waals surface area contributed by atoms with E-state index >= 15 is 0 Å². The molecule has 1 aliphatic rings. The number of aryl methyl sites for hydroxylation is 2. The Balaban J connectivity index is 1.49. The Labute approximate surface area is 180 Å². The van der Waals surface area contributed by atoms with Gasteiger partial charge in [-0.3, -0.25) is 29.6 Å². The number of benzene rings is 2. The van der Waals surface area contributed by atoms with Gasteiger partial charge < -0.3 is 10.1 Å². The average Bonchev–Trinajstić information content (AvgIpc) is 3.12. The van der Waals surface area contributed by atoms with E-state index in [2.05, 4.69) is 10.7 Å².